The number of amides is 2. The van der Waals surface area contributed by atoms with Crippen molar-refractivity contribution in [1.82, 2.24) is 24.6 Å². The number of nitrogens with two attached hydrogens (primary N) is 1. The summed E-state index contributed by atoms with van der Waals surface area (Å²) in [5, 5.41) is 28.4. The molecule has 2 aromatic rings. The summed E-state index contributed by atoms with van der Waals surface area (Å²) in [4.78, 5) is 47.0. The molecule has 0 spiro atoms. The summed E-state index contributed by atoms with van der Waals surface area (Å²) in [7, 11) is 0. The molecule has 1 fully saturated rings. The zero-order valence-corrected chi connectivity index (χ0v) is 23.1. The number of nitrogen functional groups attached to an aromatic ring is 1. The molecule has 0 aromatic carbocycles. The third kappa shape index (κ3) is 5.42. The van der Waals surface area contributed by atoms with E-state index in [9.17, 15) is 24.7 Å². The Balaban J connectivity index is 0.00000324. The number of carboxylic acid groups (broad SMARTS) is 1. The SMILES string of the molecule is Cc1nsc(CCSC2=C(C(=O)[O-])N3C(=O)[C@@H](NC(=O)/C(=N\O)c4csc(N)n4)[C@H]3SC2)n1.[Na+]. The summed E-state index contributed by atoms with van der Waals surface area (Å²) in [6, 6.07) is -0.986. The molecular weight excluding hydrogens is 533 g/mol. The van der Waals surface area contributed by atoms with Crippen molar-refractivity contribution < 1.29 is 54.3 Å². The van der Waals surface area contributed by atoms with Gasteiger partial charge >= 0.3 is 29.6 Å². The Kier molecular flexibility index (Phi) is 8.99. The number of aromatic nitrogens is 3. The van der Waals surface area contributed by atoms with Gasteiger partial charge in [0.25, 0.3) is 11.8 Å². The third-order valence-corrected chi connectivity index (χ3v) is 8.75. The number of oxime groups is 1. The van der Waals surface area contributed by atoms with E-state index in [1.54, 1.807) is 6.92 Å². The van der Waals surface area contributed by atoms with Crippen molar-refractivity contribution in [2.75, 3.05) is 17.2 Å². The summed E-state index contributed by atoms with van der Waals surface area (Å²) < 4.78 is 4.12. The molecule has 4 rings (SSSR count). The van der Waals surface area contributed by atoms with Crippen molar-refractivity contribution in [3.63, 3.8) is 0 Å². The number of aryl methyl sites for hydroxylation is 2. The molecule has 0 unspecified atom stereocenters. The summed E-state index contributed by atoms with van der Waals surface area (Å²) >= 11 is 5.01. The van der Waals surface area contributed by atoms with Crippen molar-refractivity contribution >= 4 is 75.0 Å². The minimum absolute atomic E-state index is 0. The van der Waals surface area contributed by atoms with E-state index in [1.165, 1.54) is 40.4 Å². The standard InChI is InChI=1S/C17H17N7O5S4.Na/c1-6-19-9(33-23-6)2-3-30-8-5-31-15-11(14(26)24(15)12(8)16(27)28)21-13(25)10(22-29)7-4-32-17(18)20-7;/h4,11,15,29H,2-3,5H2,1H3,(H2,18,20)(H,21,25)(H,27,28);/q;+1/p-1/b22-10-;/t11-,15-;/m1./s1. The number of carbonyl (C=O) groups excluding carboxylic acids is 3. The maximum absolute atomic E-state index is 12.8. The molecule has 4 heterocycles. The van der Waals surface area contributed by atoms with Gasteiger partial charge in [-0.05, 0) is 18.5 Å². The number of aliphatic carboxylic acids is 1. The fourth-order valence-corrected chi connectivity index (χ4v) is 7.13. The fourth-order valence-electron chi connectivity index (χ4n) is 3.21. The van der Waals surface area contributed by atoms with Gasteiger partial charge in [-0.3, -0.25) is 14.5 Å². The molecule has 2 atom stereocenters. The zero-order chi connectivity index (χ0) is 23.7. The molecular formula is C17H16N7NaO5S4. The summed E-state index contributed by atoms with van der Waals surface area (Å²) in [5.74, 6) is -1.27. The first-order valence-corrected chi connectivity index (χ1v) is 13.0. The number of nitrogens with zero attached hydrogens (tertiary/aromatic N) is 5. The first kappa shape index (κ1) is 26.9. The van der Waals surface area contributed by atoms with Gasteiger partial charge in [0, 0.05) is 28.2 Å². The minimum Gasteiger partial charge on any atom is -0.543 e. The van der Waals surface area contributed by atoms with Crippen LogP contribution in [0.2, 0.25) is 0 Å². The Labute approximate surface area is 231 Å². The predicted molar refractivity (Wildman–Crippen MR) is 123 cm³/mol. The van der Waals surface area contributed by atoms with Crippen LogP contribution in [-0.2, 0) is 20.8 Å². The zero-order valence-electron chi connectivity index (χ0n) is 17.9. The van der Waals surface area contributed by atoms with E-state index in [4.69, 9.17) is 5.73 Å². The minimum atomic E-state index is -1.46. The first-order valence-electron chi connectivity index (χ1n) is 9.35. The Morgan fingerprint density at radius 1 is 1.44 bits per heavy atom. The van der Waals surface area contributed by atoms with E-state index >= 15 is 0 Å². The van der Waals surface area contributed by atoms with Gasteiger partial charge in [0.2, 0.25) is 0 Å². The largest absolute Gasteiger partial charge is 1.00 e. The average Bonchev–Trinajstić information content (AvgIpc) is 3.39. The number of carboxylic acids is 1. The van der Waals surface area contributed by atoms with Crippen molar-refractivity contribution in [3.8, 4) is 0 Å². The maximum atomic E-state index is 12.8. The molecule has 2 amide bonds. The number of thiazole rings is 1. The van der Waals surface area contributed by atoms with Crippen LogP contribution in [0.15, 0.2) is 21.1 Å². The normalized spacial score (nSPS) is 19.9. The third-order valence-electron chi connectivity index (χ3n) is 4.65. The van der Waals surface area contributed by atoms with Crippen molar-refractivity contribution in [2.24, 2.45) is 5.16 Å². The van der Waals surface area contributed by atoms with E-state index in [0.29, 0.717) is 28.7 Å². The summed E-state index contributed by atoms with van der Waals surface area (Å²) in [6.07, 6.45) is 0.616. The number of anilines is 1. The quantitative estimate of drug-likeness (QED) is 0.0971. The number of nitrogens with one attached hydrogen (secondary N) is 1. The molecule has 0 saturated carbocycles. The molecule has 2 aromatic heterocycles. The summed E-state index contributed by atoms with van der Waals surface area (Å²) in [6.45, 7) is 1.80. The van der Waals surface area contributed by atoms with E-state index in [0.717, 1.165) is 21.2 Å². The number of hydrogen-bond acceptors (Lipinski definition) is 14. The van der Waals surface area contributed by atoms with E-state index in [2.05, 4.69) is 24.8 Å². The second-order valence-electron chi connectivity index (χ2n) is 6.77. The van der Waals surface area contributed by atoms with Gasteiger partial charge in [-0.15, -0.1) is 34.9 Å². The van der Waals surface area contributed by atoms with Crippen LogP contribution in [0.3, 0.4) is 0 Å². The number of β-lactam (4-membered cyclic amide) rings is 1. The molecule has 0 aliphatic carbocycles. The fraction of sp³-hybridized carbons (Fsp3) is 0.353. The number of thioether (sulfide) groups is 2. The van der Waals surface area contributed by atoms with Crippen LogP contribution in [0.25, 0.3) is 0 Å². The van der Waals surface area contributed by atoms with Crippen LogP contribution < -0.4 is 45.7 Å². The van der Waals surface area contributed by atoms with Gasteiger partial charge in [0.1, 0.15) is 27.9 Å². The number of rotatable bonds is 8. The molecule has 1 saturated heterocycles. The van der Waals surface area contributed by atoms with E-state index < -0.39 is 34.9 Å². The van der Waals surface area contributed by atoms with Gasteiger partial charge in [0.05, 0.1) is 11.7 Å². The topological polar surface area (TPSA) is 187 Å². The van der Waals surface area contributed by atoms with Gasteiger partial charge < -0.3 is 26.2 Å². The maximum Gasteiger partial charge on any atom is 1.00 e. The van der Waals surface area contributed by atoms with Crippen LogP contribution in [0.4, 0.5) is 5.13 Å². The van der Waals surface area contributed by atoms with Crippen molar-refractivity contribution in [2.45, 2.75) is 24.8 Å². The molecule has 174 valence electrons. The van der Waals surface area contributed by atoms with Crippen molar-refractivity contribution in [3.05, 3.63) is 32.5 Å². The molecule has 2 aliphatic heterocycles. The van der Waals surface area contributed by atoms with Crippen molar-refractivity contribution in [1.29, 1.82) is 0 Å². The number of hydrogen-bond donors (Lipinski definition) is 3. The smallest absolute Gasteiger partial charge is 0.543 e. The van der Waals surface area contributed by atoms with Crippen LogP contribution in [0.1, 0.15) is 16.5 Å². The Hall–Kier alpha value is -1.69. The average molecular weight is 550 g/mol. The molecule has 17 heteroatoms. The van der Waals surface area contributed by atoms with E-state index in [1.807, 2.05) is 0 Å². The second kappa shape index (κ2) is 11.4. The number of carbonyl (C=O) groups is 3. The van der Waals surface area contributed by atoms with Crippen LogP contribution >= 0.6 is 46.4 Å². The molecule has 2 aliphatic rings. The second-order valence-corrected chi connectivity index (χ2v) is 10.8. The molecule has 0 radical (unpaired) electrons. The van der Waals surface area contributed by atoms with Crippen LogP contribution in [-0.4, -0.2) is 70.9 Å². The summed E-state index contributed by atoms with van der Waals surface area (Å²) in [5.41, 5.74) is 5.03. The van der Waals surface area contributed by atoms with E-state index in [-0.39, 0.29) is 46.1 Å². The molecule has 0 bridgehead atoms. The van der Waals surface area contributed by atoms with Gasteiger partial charge in [-0.2, -0.15) is 4.37 Å². The molecule has 4 N–H and O–H groups in total. The molecule has 34 heavy (non-hydrogen) atoms. The first-order chi connectivity index (χ1) is 15.8. The van der Waals surface area contributed by atoms with Gasteiger partial charge in [0.15, 0.2) is 10.8 Å². The Morgan fingerprint density at radius 2 is 2.21 bits per heavy atom. The predicted octanol–water partition coefficient (Wildman–Crippen LogP) is -3.60. The monoisotopic (exact) mass is 549 g/mol. The Morgan fingerprint density at radius 3 is 2.79 bits per heavy atom. The van der Waals surface area contributed by atoms with Crippen LogP contribution in [0, 0.1) is 6.92 Å². The number of fused-ring (bicyclic) bond motifs is 1. The molecule has 12 nitrogen and oxygen atoms in total. The van der Waals surface area contributed by atoms with Gasteiger partial charge in [-0.25, -0.2) is 9.97 Å². The van der Waals surface area contributed by atoms with Gasteiger partial charge in [-0.1, -0.05) is 5.16 Å². The Bertz CT molecular complexity index is 1180. The van der Waals surface area contributed by atoms with Crippen LogP contribution in [0.5, 0.6) is 0 Å².